The van der Waals surface area contributed by atoms with Crippen LogP contribution >= 0.6 is 11.6 Å². The van der Waals surface area contributed by atoms with E-state index in [4.69, 9.17) is 16.9 Å². The van der Waals surface area contributed by atoms with Crippen molar-refractivity contribution in [3.05, 3.63) is 28.3 Å². The molecule has 0 spiro atoms. The second kappa shape index (κ2) is 5.45. The van der Waals surface area contributed by atoms with Crippen molar-refractivity contribution in [1.82, 2.24) is 4.90 Å². The number of rotatable bonds is 1. The van der Waals surface area contributed by atoms with Gasteiger partial charge >= 0.3 is 6.03 Å². The molecular formula is C16H18ClN3O2. The molecule has 1 aromatic carbocycles. The molecule has 2 saturated heterocycles. The Kier molecular flexibility index (Phi) is 3.75. The molecule has 22 heavy (non-hydrogen) atoms. The average molecular weight is 320 g/mol. The van der Waals surface area contributed by atoms with Crippen molar-refractivity contribution in [2.75, 3.05) is 11.4 Å². The number of benzene rings is 1. The van der Waals surface area contributed by atoms with Gasteiger partial charge in [0.2, 0.25) is 0 Å². The molecule has 0 saturated carbocycles. The Balaban J connectivity index is 2.04. The summed E-state index contributed by atoms with van der Waals surface area (Å²) in [5.74, 6) is 0. The standard InChI is InChI=1S/C16H18ClN3O2/c1-9-12(6-5-11(8-18)14(9)17)20-10(2)15-13(21)4-3-7-19(15)16(20)22/h5-6,10,13,15,21H,3-4,7H2,1-2H3/t10?,13-,15-/m0/s1. The number of fused-ring (bicyclic) bond motifs is 1. The number of carbonyl (C=O) groups is 1. The molecule has 2 aliphatic rings. The molecular weight excluding hydrogens is 302 g/mol. The van der Waals surface area contributed by atoms with Crippen molar-refractivity contribution >= 4 is 23.3 Å². The molecule has 2 fully saturated rings. The van der Waals surface area contributed by atoms with Crippen LogP contribution in [0.15, 0.2) is 12.1 Å². The van der Waals surface area contributed by atoms with Crippen LogP contribution in [0.1, 0.15) is 30.9 Å². The Morgan fingerprint density at radius 2 is 2.18 bits per heavy atom. The van der Waals surface area contributed by atoms with Crippen LogP contribution in [0.4, 0.5) is 10.5 Å². The molecule has 0 aliphatic carbocycles. The highest BCUT2D eigenvalue weighted by Gasteiger charge is 2.49. The minimum absolute atomic E-state index is 0.0971. The number of piperidine rings is 1. The van der Waals surface area contributed by atoms with E-state index in [0.29, 0.717) is 22.8 Å². The number of hydrogen-bond acceptors (Lipinski definition) is 3. The molecule has 1 N–H and O–H groups in total. The summed E-state index contributed by atoms with van der Waals surface area (Å²) in [4.78, 5) is 16.2. The number of nitriles is 1. The molecule has 3 rings (SSSR count). The number of nitrogens with zero attached hydrogens (tertiary/aromatic N) is 3. The molecule has 0 radical (unpaired) electrons. The number of anilines is 1. The first-order valence-corrected chi connectivity index (χ1v) is 7.82. The van der Waals surface area contributed by atoms with Gasteiger partial charge in [0, 0.05) is 6.54 Å². The van der Waals surface area contributed by atoms with Gasteiger partial charge in [0.25, 0.3) is 0 Å². The summed E-state index contributed by atoms with van der Waals surface area (Å²) in [7, 11) is 0. The monoisotopic (exact) mass is 319 g/mol. The van der Waals surface area contributed by atoms with E-state index in [1.807, 2.05) is 19.9 Å². The lowest BCUT2D eigenvalue weighted by molar-refractivity contribution is 0.0418. The molecule has 1 aromatic rings. The number of hydrogen-bond donors (Lipinski definition) is 1. The topological polar surface area (TPSA) is 67.6 Å². The fourth-order valence-electron chi connectivity index (χ4n) is 3.61. The molecule has 1 unspecified atom stereocenters. The van der Waals surface area contributed by atoms with Crippen LogP contribution in [0.25, 0.3) is 0 Å². The summed E-state index contributed by atoms with van der Waals surface area (Å²) in [6, 6.07) is 5.03. The summed E-state index contributed by atoms with van der Waals surface area (Å²) in [6.07, 6.45) is 1.04. The molecule has 2 aliphatic heterocycles. The van der Waals surface area contributed by atoms with E-state index >= 15 is 0 Å². The minimum atomic E-state index is -0.494. The van der Waals surface area contributed by atoms with E-state index in [2.05, 4.69) is 0 Å². The lowest BCUT2D eigenvalue weighted by Gasteiger charge is -2.34. The van der Waals surface area contributed by atoms with Crippen molar-refractivity contribution in [2.45, 2.75) is 44.9 Å². The number of carbonyl (C=O) groups excluding carboxylic acids is 1. The first-order valence-electron chi connectivity index (χ1n) is 7.44. The second-order valence-electron chi connectivity index (χ2n) is 5.97. The zero-order valence-corrected chi connectivity index (χ0v) is 13.3. The predicted octanol–water partition coefficient (Wildman–Crippen LogP) is 2.67. The van der Waals surface area contributed by atoms with Gasteiger partial charge in [-0.05, 0) is 44.4 Å². The number of halogens is 1. The van der Waals surface area contributed by atoms with Crippen molar-refractivity contribution in [1.29, 1.82) is 5.26 Å². The van der Waals surface area contributed by atoms with Gasteiger partial charge in [-0.2, -0.15) is 5.26 Å². The van der Waals surface area contributed by atoms with Gasteiger partial charge in [-0.15, -0.1) is 0 Å². The number of aliphatic hydroxyl groups excluding tert-OH is 1. The van der Waals surface area contributed by atoms with Gasteiger partial charge in [-0.3, -0.25) is 4.90 Å². The van der Waals surface area contributed by atoms with E-state index in [9.17, 15) is 9.90 Å². The normalized spacial score (nSPS) is 27.8. The van der Waals surface area contributed by atoms with Gasteiger partial charge < -0.3 is 10.0 Å². The quantitative estimate of drug-likeness (QED) is 0.865. The van der Waals surface area contributed by atoms with E-state index in [-0.39, 0.29) is 18.1 Å². The Bertz CT molecular complexity index is 670. The van der Waals surface area contributed by atoms with Crippen molar-refractivity contribution in [2.24, 2.45) is 0 Å². The lowest BCUT2D eigenvalue weighted by Crippen LogP contribution is -2.48. The third-order valence-corrected chi connectivity index (χ3v) is 5.23. The average Bonchev–Trinajstić information content (AvgIpc) is 2.75. The molecule has 3 atom stereocenters. The first kappa shape index (κ1) is 15.1. The van der Waals surface area contributed by atoms with Gasteiger partial charge in [0.15, 0.2) is 0 Å². The summed E-state index contributed by atoms with van der Waals surface area (Å²) < 4.78 is 0. The van der Waals surface area contributed by atoms with Crippen molar-refractivity contribution in [3.63, 3.8) is 0 Å². The van der Waals surface area contributed by atoms with Crippen molar-refractivity contribution in [3.8, 4) is 6.07 Å². The van der Waals surface area contributed by atoms with Gasteiger partial charge in [0.05, 0.1) is 34.5 Å². The number of aliphatic hydroxyl groups is 1. The Labute approximate surface area is 134 Å². The molecule has 6 heteroatoms. The Hall–Kier alpha value is -1.77. The molecule has 116 valence electrons. The summed E-state index contributed by atoms with van der Waals surface area (Å²) in [5, 5.41) is 19.7. The highest BCUT2D eigenvalue weighted by Crippen LogP contribution is 2.38. The van der Waals surface area contributed by atoms with Crippen LogP contribution in [0.2, 0.25) is 5.02 Å². The second-order valence-corrected chi connectivity index (χ2v) is 6.35. The van der Waals surface area contributed by atoms with E-state index in [1.165, 1.54) is 0 Å². The molecule has 0 bridgehead atoms. The van der Waals surface area contributed by atoms with E-state index in [0.717, 1.165) is 18.4 Å². The highest BCUT2D eigenvalue weighted by molar-refractivity contribution is 6.33. The lowest BCUT2D eigenvalue weighted by atomic mass is 9.95. The molecule has 5 nitrogen and oxygen atoms in total. The SMILES string of the molecule is Cc1c(N2C(=O)N3CCC[C@H](O)[C@@H]3C2C)ccc(C#N)c1Cl. The Morgan fingerprint density at radius 3 is 2.82 bits per heavy atom. The third-order valence-electron chi connectivity index (χ3n) is 4.74. The zero-order valence-electron chi connectivity index (χ0n) is 12.6. The van der Waals surface area contributed by atoms with Crippen LogP contribution in [0.3, 0.4) is 0 Å². The summed E-state index contributed by atoms with van der Waals surface area (Å²) >= 11 is 6.23. The van der Waals surface area contributed by atoms with Crippen LogP contribution in [-0.2, 0) is 0 Å². The van der Waals surface area contributed by atoms with Crippen LogP contribution in [0, 0.1) is 18.3 Å². The maximum Gasteiger partial charge on any atom is 0.325 e. The van der Waals surface area contributed by atoms with Crippen LogP contribution in [-0.4, -0.2) is 40.8 Å². The fourth-order valence-corrected chi connectivity index (χ4v) is 3.82. The maximum atomic E-state index is 12.7. The smallest absolute Gasteiger partial charge is 0.325 e. The largest absolute Gasteiger partial charge is 0.391 e. The first-order chi connectivity index (χ1) is 10.5. The fraction of sp³-hybridized carbons (Fsp3) is 0.500. The highest BCUT2D eigenvalue weighted by atomic mass is 35.5. The summed E-state index contributed by atoms with van der Waals surface area (Å²) in [6.45, 7) is 4.43. The third kappa shape index (κ3) is 2.06. The predicted molar refractivity (Wildman–Crippen MR) is 84.0 cm³/mol. The van der Waals surface area contributed by atoms with Gasteiger partial charge in [-0.25, -0.2) is 4.79 Å². The van der Waals surface area contributed by atoms with Crippen LogP contribution in [0.5, 0.6) is 0 Å². The van der Waals surface area contributed by atoms with Gasteiger partial charge in [-0.1, -0.05) is 11.6 Å². The van der Waals surface area contributed by atoms with Crippen molar-refractivity contribution < 1.29 is 9.90 Å². The Morgan fingerprint density at radius 1 is 1.45 bits per heavy atom. The van der Waals surface area contributed by atoms with Gasteiger partial charge in [0.1, 0.15) is 6.07 Å². The number of amides is 2. The zero-order chi connectivity index (χ0) is 16.0. The number of urea groups is 1. The maximum absolute atomic E-state index is 12.7. The molecule has 2 heterocycles. The van der Waals surface area contributed by atoms with Crippen LogP contribution < -0.4 is 4.90 Å². The van der Waals surface area contributed by atoms with E-state index in [1.54, 1.807) is 21.9 Å². The minimum Gasteiger partial charge on any atom is -0.391 e. The molecule has 2 amide bonds. The molecule has 0 aromatic heterocycles. The summed E-state index contributed by atoms with van der Waals surface area (Å²) in [5.41, 5.74) is 1.83. The van der Waals surface area contributed by atoms with E-state index < -0.39 is 6.10 Å².